The summed E-state index contributed by atoms with van der Waals surface area (Å²) >= 11 is 5.96. The van der Waals surface area contributed by atoms with E-state index in [1.165, 1.54) is 0 Å². The average Bonchev–Trinajstić information content (AvgIpc) is 2.86. The van der Waals surface area contributed by atoms with E-state index in [0.29, 0.717) is 11.6 Å². The van der Waals surface area contributed by atoms with E-state index in [1.54, 1.807) is 6.20 Å². The second-order valence-corrected chi connectivity index (χ2v) is 5.25. The minimum Gasteiger partial charge on any atom is -0.396 e. The lowest BCUT2D eigenvalue weighted by atomic mass is 9.95. The van der Waals surface area contributed by atoms with Crippen LogP contribution in [0.25, 0.3) is 11.0 Å². The maximum atomic E-state index is 9.08. The first kappa shape index (κ1) is 12.6. The predicted molar refractivity (Wildman–Crippen MR) is 73.3 cm³/mol. The molecule has 19 heavy (non-hydrogen) atoms. The van der Waals surface area contributed by atoms with Gasteiger partial charge in [0.2, 0.25) is 5.28 Å². The Balaban J connectivity index is 1.92. The van der Waals surface area contributed by atoms with Crippen molar-refractivity contribution in [1.82, 2.24) is 20.2 Å². The molecule has 0 radical (unpaired) electrons. The number of anilines is 1. The Labute approximate surface area is 115 Å². The third kappa shape index (κ3) is 2.50. The van der Waals surface area contributed by atoms with Crippen molar-refractivity contribution in [2.75, 3.05) is 24.6 Å². The van der Waals surface area contributed by atoms with E-state index in [-0.39, 0.29) is 11.9 Å². The van der Waals surface area contributed by atoms with Crippen molar-refractivity contribution in [2.24, 2.45) is 5.92 Å². The number of nitrogens with zero attached hydrogens (tertiary/aromatic N) is 4. The fourth-order valence-electron chi connectivity index (χ4n) is 2.71. The first-order valence-corrected chi connectivity index (χ1v) is 6.88. The molecule has 1 aliphatic rings. The number of aromatic nitrogens is 4. The molecule has 0 aromatic carbocycles. The fraction of sp³-hybridized carbons (Fsp3) is 0.583. The number of aromatic amines is 1. The van der Waals surface area contributed by atoms with E-state index in [4.69, 9.17) is 16.7 Å². The molecule has 0 saturated carbocycles. The minimum atomic E-state index is 0.232. The summed E-state index contributed by atoms with van der Waals surface area (Å²) in [7, 11) is 0. The Morgan fingerprint density at radius 2 is 2.37 bits per heavy atom. The van der Waals surface area contributed by atoms with Gasteiger partial charge in [-0.1, -0.05) is 0 Å². The van der Waals surface area contributed by atoms with Crippen LogP contribution < -0.4 is 4.90 Å². The maximum absolute atomic E-state index is 9.08. The summed E-state index contributed by atoms with van der Waals surface area (Å²) < 4.78 is 0. The number of fused-ring (bicyclic) bond motifs is 1. The summed E-state index contributed by atoms with van der Waals surface area (Å²) in [4.78, 5) is 10.7. The van der Waals surface area contributed by atoms with Gasteiger partial charge in [-0.3, -0.25) is 5.10 Å². The molecule has 3 heterocycles. The predicted octanol–water partition coefficient (Wildman–Crippen LogP) is 1.61. The number of nitrogens with one attached hydrogen (secondary N) is 1. The molecule has 7 heteroatoms. The number of halogens is 1. The zero-order valence-corrected chi connectivity index (χ0v) is 11.3. The van der Waals surface area contributed by atoms with Crippen molar-refractivity contribution in [3.05, 3.63) is 11.5 Å². The molecule has 2 aromatic heterocycles. The Morgan fingerprint density at radius 1 is 1.47 bits per heavy atom. The summed E-state index contributed by atoms with van der Waals surface area (Å²) in [6.07, 6.45) is 4.83. The van der Waals surface area contributed by atoms with Crippen molar-refractivity contribution < 1.29 is 5.11 Å². The molecule has 1 atom stereocenters. The first-order valence-electron chi connectivity index (χ1n) is 6.50. The number of aliphatic hydroxyl groups is 1. The summed E-state index contributed by atoms with van der Waals surface area (Å²) in [5.41, 5.74) is 0.666. The molecular weight excluding hydrogens is 266 g/mol. The van der Waals surface area contributed by atoms with Gasteiger partial charge in [-0.25, -0.2) is 0 Å². The topological polar surface area (TPSA) is 77.9 Å². The SMILES string of the molecule is OCCC1CCCN(c2nc(Cl)nc3[nH]ncc23)C1. The molecule has 0 amide bonds. The highest BCUT2D eigenvalue weighted by Gasteiger charge is 2.23. The molecule has 1 fully saturated rings. The third-order valence-electron chi connectivity index (χ3n) is 3.62. The van der Waals surface area contributed by atoms with Crippen molar-refractivity contribution in [2.45, 2.75) is 19.3 Å². The number of H-pyrrole nitrogens is 1. The molecular formula is C12H16ClN5O. The van der Waals surface area contributed by atoms with Gasteiger partial charge in [0.05, 0.1) is 11.6 Å². The van der Waals surface area contributed by atoms with Gasteiger partial charge in [0.15, 0.2) is 5.65 Å². The van der Waals surface area contributed by atoms with Gasteiger partial charge in [0, 0.05) is 19.7 Å². The number of hydrogen-bond acceptors (Lipinski definition) is 5. The lowest BCUT2D eigenvalue weighted by molar-refractivity contribution is 0.244. The molecule has 1 unspecified atom stereocenters. The van der Waals surface area contributed by atoms with Gasteiger partial charge >= 0.3 is 0 Å². The molecule has 3 rings (SSSR count). The van der Waals surface area contributed by atoms with E-state index in [1.807, 2.05) is 0 Å². The van der Waals surface area contributed by atoms with Crippen LogP contribution in [0.2, 0.25) is 5.28 Å². The van der Waals surface area contributed by atoms with E-state index in [9.17, 15) is 0 Å². The Bertz CT molecular complexity index is 570. The maximum Gasteiger partial charge on any atom is 0.226 e. The van der Waals surface area contributed by atoms with Crippen LogP contribution in [0.15, 0.2) is 6.20 Å². The summed E-state index contributed by atoms with van der Waals surface area (Å²) in [5, 5.41) is 17.0. The van der Waals surface area contributed by atoms with Gasteiger partial charge in [0.25, 0.3) is 0 Å². The third-order valence-corrected chi connectivity index (χ3v) is 3.79. The molecule has 1 saturated heterocycles. The lowest BCUT2D eigenvalue weighted by Gasteiger charge is -2.33. The summed E-state index contributed by atoms with van der Waals surface area (Å²) in [6, 6.07) is 0. The highest BCUT2D eigenvalue weighted by atomic mass is 35.5. The van der Waals surface area contributed by atoms with Gasteiger partial charge in [0.1, 0.15) is 5.82 Å². The lowest BCUT2D eigenvalue weighted by Crippen LogP contribution is -2.36. The zero-order chi connectivity index (χ0) is 13.2. The molecule has 0 bridgehead atoms. The standard InChI is InChI=1S/C12H16ClN5O/c13-12-15-10-9(6-14-17-10)11(16-12)18-4-1-2-8(7-18)3-5-19/h6,8,19H,1-5,7H2,(H,14,15,16,17). The Morgan fingerprint density at radius 3 is 3.21 bits per heavy atom. The second kappa shape index (κ2) is 5.30. The second-order valence-electron chi connectivity index (χ2n) is 4.92. The van der Waals surface area contributed by atoms with Crippen LogP contribution in [0.4, 0.5) is 5.82 Å². The van der Waals surface area contributed by atoms with Crippen molar-refractivity contribution >= 4 is 28.5 Å². The fourth-order valence-corrected chi connectivity index (χ4v) is 2.87. The number of rotatable bonds is 3. The van der Waals surface area contributed by atoms with E-state index < -0.39 is 0 Å². The molecule has 2 N–H and O–H groups in total. The summed E-state index contributed by atoms with van der Waals surface area (Å²) in [5.74, 6) is 1.35. The molecule has 102 valence electrons. The van der Waals surface area contributed by atoms with Crippen molar-refractivity contribution in [1.29, 1.82) is 0 Å². The highest BCUT2D eigenvalue weighted by molar-refractivity contribution is 6.28. The van der Waals surface area contributed by atoms with Gasteiger partial charge in [-0.05, 0) is 36.8 Å². The monoisotopic (exact) mass is 281 g/mol. The van der Waals surface area contributed by atoms with E-state index >= 15 is 0 Å². The van der Waals surface area contributed by atoms with E-state index in [0.717, 1.165) is 43.6 Å². The molecule has 0 aliphatic carbocycles. The largest absolute Gasteiger partial charge is 0.396 e. The normalized spacial score (nSPS) is 20.1. The number of piperidine rings is 1. The summed E-state index contributed by atoms with van der Waals surface area (Å²) in [6.45, 7) is 2.09. The van der Waals surface area contributed by atoms with Crippen LogP contribution >= 0.6 is 11.6 Å². The van der Waals surface area contributed by atoms with Crippen LogP contribution in [-0.2, 0) is 0 Å². The van der Waals surface area contributed by atoms with Crippen LogP contribution in [-0.4, -0.2) is 45.0 Å². The smallest absolute Gasteiger partial charge is 0.226 e. The Kier molecular flexibility index (Phi) is 3.52. The zero-order valence-electron chi connectivity index (χ0n) is 10.5. The molecule has 0 spiro atoms. The van der Waals surface area contributed by atoms with Gasteiger partial charge in [-0.15, -0.1) is 0 Å². The highest BCUT2D eigenvalue weighted by Crippen LogP contribution is 2.28. The van der Waals surface area contributed by atoms with Crippen LogP contribution in [0.1, 0.15) is 19.3 Å². The molecule has 6 nitrogen and oxygen atoms in total. The molecule has 1 aliphatic heterocycles. The van der Waals surface area contributed by atoms with Crippen LogP contribution in [0.3, 0.4) is 0 Å². The van der Waals surface area contributed by atoms with Gasteiger partial charge in [-0.2, -0.15) is 15.1 Å². The van der Waals surface area contributed by atoms with Gasteiger partial charge < -0.3 is 10.0 Å². The number of aliphatic hydroxyl groups excluding tert-OH is 1. The Hall–Kier alpha value is -1.40. The van der Waals surface area contributed by atoms with Crippen LogP contribution in [0, 0.1) is 5.92 Å². The minimum absolute atomic E-state index is 0.232. The molecule has 2 aromatic rings. The number of hydrogen-bond donors (Lipinski definition) is 2. The van der Waals surface area contributed by atoms with Crippen LogP contribution in [0.5, 0.6) is 0 Å². The van der Waals surface area contributed by atoms with Crippen molar-refractivity contribution in [3.63, 3.8) is 0 Å². The average molecular weight is 282 g/mol. The van der Waals surface area contributed by atoms with E-state index in [2.05, 4.69) is 25.1 Å². The van der Waals surface area contributed by atoms with Crippen molar-refractivity contribution in [3.8, 4) is 0 Å². The quantitative estimate of drug-likeness (QED) is 0.836. The first-order chi connectivity index (χ1) is 9.28.